The molecule has 7 nitrogen and oxygen atoms in total. The summed E-state index contributed by atoms with van der Waals surface area (Å²) in [5.41, 5.74) is 2.84. The molecule has 166 valence electrons. The average Bonchev–Trinajstić information content (AvgIpc) is 2.79. The van der Waals surface area contributed by atoms with Crippen molar-refractivity contribution in [3.8, 4) is 11.5 Å². The summed E-state index contributed by atoms with van der Waals surface area (Å²) >= 11 is 0. The number of methoxy groups -OCH3 is 1. The van der Waals surface area contributed by atoms with E-state index in [1.165, 1.54) is 23.5 Å². The molecule has 1 aliphatic rings. The predicted octanol–water partition coefficient (Wildman–Crippen LogP) is 3.91. The SMILES string of the molecule is COc1ccc(S(=O)(=O)N2CC(C(=O)Nc3ccccc3C)Oc3cc(C)ccc32)cc1. The van der Waals surface area contributed by atoms with Crippen LogP contribution in [0, 0.1) is 13.8 Å². The maximum atomic E-state index is 13.5. The summed E-state index contributed by atoms with van der Waals surface area (Å²) in [6.45, 7) is 3.61. The summed E-state index contributed by atoms with van der Waals surface area (Å²) in [4.78, 5) is 13.1. The number of amides is 1. The third-order valence-electron chi connectivity index (χ3n) is 5.33. The van der Waals surface area contributed by atoms with Gasteiger partial charge in [0.05, 0.1) is 24.2 Å². The van der Waals surface area contributed by atoms with E-state index in [2.05, 4.69) is 5.32 Å². The van der Waals surface area contributed by atoms with Crippen molar-refractivity contribution in [1.29, 1.82) is 0 Å². The maximum Gasteiger partial charge on any atom is 0.267 e. The van der Waals surface area contributed by atoms with Gasteiger partial charge in [-0.2, -0.15) is 0 Å². The Morgan fingerprint density at radius 3 is 2.47 bits per heavy atom. The molecule has 4 rings (SSSR count). The minimum atomic E-state index is -3.94. The van der Waals surface area contributed by atoms with Crippen LogP contribution in [0.15, 0.2) is 71.6 Å². The van der Waals surface area contributed by atoms with Gasteiger partial charge in [-0.1, -0.05) is 24.3 Å². The predicted molar refractivity (Wildman–Crippen MR) is 123 cm³/mol. The summed E-state index contributed by atoms with van der Waals surface area (Å²) in [5, 5.41) is 2.85. The number of hydrogen-bond acceptors (Lipinski definition) is 5. The molecule has 8 heteroatoms. The molecule has 0 saturated carbocycles. The van der Waals surface area contributed by atoms with Crippen LogP contribution in [0.2, 0.25) is 0 Å². The molecule has 0 aromatic heterocycles. The lowest BCUT2D eigenvalue weighted by molar-refractivity contribution is -0.122. The summed E-state index contributed by atoms with van der Waals surface area (Å²) in [5.74, 6) is 0.483. The second-order valence-corrected chi connectivity index (χ2v) is 9.46. The molecule has 3 aromatic carbocycles. The van der Waals surface area contributed by atoms with Gasteiger partial charge in [0.1, 0.15) is 11.5 Å². The molecule has 1 atom stereocenters. The Balaban J connectivity index is 1.70. The molecule has 0 saturated heterocycles. The van der Waals surface area contributed by atoms with Crippen molar-refractivity contribution in [2.24, 2.45) is 0 Å². The Hall–Kier alpha value is -3.52. The van der Waals surface area contributed by atoms with Crippen LogP contribution in [-0.4, -0.2) is 34.1 Å². The topological polar surface area (TPSA) is 84.9 Å². The van der Waals surface area contributed by atoms with Crippen LogP contribution < -0.4 is 19.1 Å². The molecule has 1 aliphatic heterocycles. The van der Waals surface area contributed by atoms with Gasteiger partial charge in [-0.3, -0.25) is 9.10 Å². The zero-order valence-corrected chi connectivity index (χ0v) is 18.8. The largest absolute Gasteiger partial charge is 0.497 e. The fraction of sp³-hybridized carbons (Fsp3) is 0.208. The van der Waals surface area contributed by atoms with E-state index in [0.717, 1.165) is 11.1 Å². The van der Waals surface area contributed by atoms with Crippen LogP contribution >= 0.6 is 0 Å². The van der Waals surface area contributed by atoms with Gasteiger partial charge < -0.3 is 14.8 Å². The van der Waals surface area contributed by atoms with Gasteiger partial charge in [0.15, 0.2) is 6.10 Å². The third-order valence-corrected chi connectivity index (χ3v) is 7.12. The highest BCUT2D eigenvalue weighted by Gasteiger charge is 2.37. The minimum Gasteiger partial charge on any atom is -0.497 e. The molecule has 1 heterocycles. The lowest BCUT2D eigenvalue weighted by Gasteiger charge is -2.35. The summed E-state index contributed by atoms with van der Waals surface area (Å²) in [6, 6.07) is 18.8. The lowest BCUT2D eigenvalue weighted by atomic mass is 10.1. The molecule has 0 bridgehead atoms. The van der Waals surface area contributed by atoms with E-state index in [1.807, 2.05) is 38.1 Å². The van der Waals surface area contributed by atoms with Crippen molar-refractivity contribution < 1.29 is 22.7 Å². The van der Waals surface area contributed by atoms with Crippen LogP contribution in [0.5, 0.6) is 11.5 Å². The van der Waals surface area contributed by atoms with Crippen LogP contribution in [0.1, 0.15) is 11.1 Å². The molecule has 3 aromatic rings. The number of sulfonamides is 1. The van der Waals surface area contributed by atoms with Crippen LogP contribution in [0.25, 0.3) is 0 Å². The molecule has 1 N–H and O–H groups in total. The van der Waals surface area contributed by atoms with E-state index < -0.39 is 22.0 Å². The zero-order chi connectivity index (χ0) is 22.9. The first-order valence-electron chi connectivity index (χ1n) is 10.1. The fourth-order valence-electron chi connectivity index (χ4n) is 3.53. The number of carbonyl (C=O) groups is 1. The zero-order valence-electron chi connectivity index (χ0n) is 18.0. The smallest absolute Gasteiger partial charge is 0.267 e. The number of aryl methyl sites for hydroxylation is 2. The highest BCUT2D eigenvalue weighted by Crippen LogP contribution is 2.38. The molecule has 0 aliphatic carbocycles. The second-order valence-electron chi connectivity index (χ2n) is 7.59. The van der Waals surface area contributed by atoms with Crippen LogP contribution in [0.4, 0.5) is 11.4 Å². The normalized spacial score (nSPS) is 15.5. The van der Waals surface area contributed by atoms with Crippen molar-refractivity contribution >= 4 is 27.3 Å². The Kier molecular flexibility index (Phi) is 5.80. The van der Waals surface area contributed by atoms with Crippen molar-refractivity contribution in [2.45, 2.75) is 24.8 Å². The second kappa shape index (κ2) is 8.55. The van der Waals surface area contributed by atoms with Crippen molar-refractivity contribution in [2.75, 3.05) is 23.3 Å². The Bertz CT molecular complexity index is 1260. The van der Waals surface area contributed by atoms with Crippen molar-refractivity contribution in [3.63, 3.8) is 0 Å². The fourth-order valence-corrected chi connectivity index (χ4v) is 5.00. The van der Waals surface area contributed by atoms with Crippen molar-refractivity contribution in [1.82, 2.24) is 0 Å². The van der Waals surface area contributed by atoms with E-state index in [9.17, 15) is 13.2 Å². The van der Waals surface area contributed by atoms with E-state index in [1.54, 1.807) is 30.3 Å². The van der Waals surface area contributed by atoms with E-state index >= 15 is 0 Å². The molecular weight excluding hydrogens is 428 g/mol. The molecule has 32 heavy (non-hydrogen) atoms. The first-order valence-corrected chi connectivity index (χ1v) is 11.5. The molecule has 0 spiro atoms. The number of benzene rings is 3. The Labute approximate surface area is 187 Å². The number of para-hydroxylation sites is 1. The summed E-state index contributed by atoms with van der Waals surface area (Å²) < 4.78 is 39.3. The number of hydrogen-bond donors (Lipinski definition) is 1. The van der Waals surface area contributed by atoms with Gasteiger partial charge in [-0.15, -0.1) is 0 Å². The Morgan fingerprint density at radius 1 is 1.06 bits per heavy atom. The van der Waals surface area contributed by atoms with Gasteiger partial charge in [-0.05, 0) is 67.4 Å². The van der Waals surface area contributed by atoms with Gasteiger partial charge in [0.25, 0.3) is 15.9 Å². The van der Waals surface area contributed by atoms with Crippen LogP contribution in [0.3, 0.4) is 0 Å². The number of rotatable bonds is 5. The van der Waals surface area contributed by atoms with E-state index in [-0.39, 0.29) is 11.4 Å². The van der Waals surface area contributed by atoms with Gasteiger partial charge in [-0.25, -0.2) is 8.42 Å². The van der Waals surface area contributed by atoms with E-state index in [0.29, 0.717) is 22.9 Å². The van der Waals surface area contributed by atoms with Gasteiger partial charge >= 0.3 is 0 Å². The van der Waals surface area contributed by atoms with Gasteiger partial charge in [0, 0.05) is 5.69 Å². The van der Waals surface area contributed by atoms with Crippen molar-refractivity contribution in [3.05, 3.63) is 77.9 Å². The molecular formula is C24H24N2O5S. The first-order chi connectivity index (χ1) is 15.3. The molecule has 1 unspecified atom stereocenters. The number of ether oxygens (including phenoxy) is 2. The maximum absolute atomic E-state index is 13.5. The highest BCUT2D eigenvalue weighted by atomic mass is 32.2. The number of nitrogens with zero attached hydrogens (tertiary/aromatic N) is 1. The number of nitrogens with one attached hydrogen (secondary N) is 1. The molecule has 1 amide bonds. The molecule has 0 radical (unpaired) electrons. The quantitative estimate of drug-likeness (QED) is 0.635. The Morgan fingerprint density at radius 2 is 1.78 bits per heavy atom. The summed E-state index contributed by atoms with van der Waals surface area (Å²) in [7, 11) is -2.43. The van der Waals surface area contributed by atoms with Crippen LogP contribution in [-0.2, 0) is 14.8 Å². The first kappa shape index (κ1) is 21.7. The monoisotopic (exact) mass is 452 g/mol. The van der Waals surface area contributed by atoms with Gasteiger partial charge in [0.2, 0.25) is 0 Å². The van der Waals surface area contributed by atoms with E-state index in [4.69, 9.17) is 9.47 Å². The third kappa shape index (κ3) is 4.13. The standard InChI is InChI=1S/C24H24N2O5S/c1-16-8-13-21-22(14-16)31-23(24(27)25-20-7-5-4-6-17(20)2)15-26(21)32(28,29)19-11-9-18(30-3)10-12-19/h4-14,23H,15H2,1-3H3,(H,25,27). The number of anilines is 2. The highest BCUT2D eigenvalue weighted by molar-refractivity contribution is 7.92. The lowest BCUT2D eigenvalue weighted by Crippen LogP contribution is -2.48. The summed E-state index contributed by atoms with van der Waals surface area (Å²) in [6.07, 6.45) is -1.02. The average molecular weight is 453 g/mol. The number of fused-ring (bicyclic) bond motifs is 1. The minimum absolute atomic E-state index is 0.102. The molecule has 0 fully saturated rings. The number of carbonyl (C=O) groups excluding carboxylic acids is 1.